The number of hydrogen-bond donors (Lipinski definition) is 0. The molecule has 94 valence electrons. The van der Waals surface area contributed by atoms with Gasteiger partial charge < -0.3 is 0 Å². The maximum Gasteiger partial charge on any atom is 0.0440 e. The summed E-state index contributed by atoms with van der Waals surface area (Å²) >= 11 is 3.85. The van der Waals surface area contributed by atoms with Gasteiger partial charge in [-0.05, 0) is 49.4 Å². The molecule has 2 aromatic rings. The fourth-order valence-electron chi connectivity index (χ4n) is 2.61. The van der Waals surface area contributed by atoms with Gasteiger partial charge >= 0.3 is 0 Å². The van der Waals surface area contributed by atoms with Crippen LogP contribution in [0.1, 0.15) is 32.6 Å². The van der Waals surface area contributed by atoms with E-state index < -0.39 is 0 Å². The number of aryl methyl sites for hydroxylation is 3. The summed E-state index contributed by atoms with van der Waals surface area (Å²) in [6.07, 6.45) is 1.03. The molecule has 2 rings (SSSR count). The lowest BCUT2D eigenvalue weighted by atomic mass is 9.94. The third-order valence-electron chi connectivity index (χ3n) is 3.31. The van der Waals surface area contributed by atoms with Crippen LogP contribution in [-0.4, -0.2) is 0 Å². The van der Waals surface area contributed by atoms with Gasteiger partial charge in [0.15, 0.2) is 0 Å². The van der Waals surface area contributed by atoms with Crippen molar-refractivity contribution in [3.63, 3.8) is 0 Å². The summed E-state index contributed by atoms with van der Waals surface area (Å²) in [5.74, 6) is 0. The predicted octanol–water partition coefficient (Wildman–Crippen LogP) is 5.29. The minimum absolute atomic E-state index is 0.389. The van der Waals surface area contributed by atoms with Crippen LogP contribution >= 0.6 is 15.9 Å². The van der Waals surface area contributed by atoms with Crippen LogP contribution in [0, 0.1) is 20.8 Å². The molecule has 0 saturated heterocycles. The second kappa shape index (κ2) is 5.71. The molecule has 1 unspecified atom stereocenters. The highest BCUT2D eigenvalue weighted by Gasteiger charge is 2.14. The highest BCUT2D eigenvalue weighted by molar-refractivity contribution is 9.09. The Morgan fingerprint density at radius 1 is 0.944 bits per heavy atom. The van der Waals surface area contributed by atoms with Crippen LogP contribution in [0.3, 0.4) is 0 Å². The Labute approximate surface area is 118 Å². The fourth-order valence-corrected chi connectivity index (χ4v) is 3.70. The van der Waals surface area contributed by atoms with E-state index in [-0.39, 0.29) is 0 Å². The lowest BCUT2D eigenvalue weighted by Crippen LogP contribution is -2.01. The first-order chi connectivity index (χ1) is 8.58. The van der Waals surface area contributed by atoms with Crippen molar-refractivity contribution in [3.05, 3.63) is 70.3 Å². The average molecular weight is 303 g/mol. The molecule has 0 N–H and O–H groups in total. The molecule has 18 heavy (non-hydrogen) atoms. The van der Waals surface area contributed by atoms with Gasteiger partial charge in [-0.2, -0.15) is 0 Å². The van der Waals surface area contributed by atoms with E-state index in [2.05, 4.69) is 79.2 Å². The molecular formula is C17H19Br. The Morgan fingerprint density at radius 3 is 2.06 bits per heavy atom. The monoisotopic (exact) mass is 302 g/mol. The highest BCUT2D eigenvalue weighted by Crippen LogP contribution is 2.32. The lowest BCUT2D eigenvalue weighted by molar-refractivity contribution is 0.925. The van der Waals surface area contributed by atoms with Gasteiger partial charge in [0, 0.05) is 4.83 Å². The van der Waals surface area contributed by atoms with Gasteiger partial charge in [-0.25, -0.2) is 0 Å². The summed E-state index contributed by atoms with van der Waals surface area (Å²) < 4.78 is 0. The predicted molar refractivity (Wildman–Crippen MR) is 82.5 cm³/mol. The molecule has 2 aromatic carbocycles. The maximum atomic E-state index is 3.85. The summed E-state index contributed by atoms with van der Waals surface area (Å²) in [6.45, 7) is 6.56. The van der Waals surface area contributed by atoms with Gasteiger partial charge in [-0.3, -0.25) is 0 Å². The third kappa shape index (κ3) is 3.02. The standard InChI is InChI=1S/C17H19Br/c1-12-9-13(2)17(14(3)10-12)16(18)11-15-7-5-4-6-8-15/h4-10,16H,11H2,1-3H3. The maximum absolute atomic E-state index is 3.85. The lowest BCUT2D eigenvalue weighted by Gasteiger charge is -2.17. The van der Waals surface area contributed by atoms with Crippen molar-refractivity contribution in [3.8, 4) is 0 Å². The van der Waals surface area contributed by atoms with E-state index in [9.17, 15) is 0 Å². The highest BCUT2D eigenvalue weighted by atomic mass is 79.9. The normalized spacial score (nSPS) is 12.4. The molecule has 0 aliphatic carbocycles. The topological polar surface area (TPSA) is 0 Å². The van der Waals surface area contributed by atoms with Gasteiger partial charge in [-0.1, -0.05) is 64.0 Å². The molecular weight excluding hydrogens is 284 g/mol. The molecule has 0 saturated carbocycles. The Bertz CT molecular complexity index is 506. The Morgan fingerprint density at radius 2 is 1.50 bits per heavy atom. The fraction of sp³-hybridized carbons (Fsp3) is 0.294. The van der Waals surface area contributed by atoms with Crippen LogP contribution in [0.2, 0.25) is 0 Å². The van der Waals surface area contributed by atoms with Crippen LogP contribution in [0.15, 0.2) is 42.5 Å². The van der Waals surface area contributed by atoms with Crippen molar-refractivity contribution in [1.82, 2.24) is 0 Å². The van der Waals surface area contributed by atoms with Crippen molar-refractivity contribution in [2.45, 2.75) is 32.0 Å². The van der Waals surface area contributed by atoms with Crippen LogP contribution < -0.4 is 0 Å². The summed E-state index contributed by atoms with van der Waals surface area (Å²) in [4.78, 5) is 0.389. The van der Waals surface area contributed by atoms with Crippen molar-refractivity contribution in [1.29, 1.82) is 0 Å². The van der Waals surface area contributed by atoms with E-state index in [4.69, 9.17) is 0 Å². The zero-order valence-electron chi connectivity index (χ0n) is 11.2. The van der Waals surface area contributed by atoms with E-state index in [1.54, 1.807) is 0 Å². The van der Waals surface area contributed by atoms with Crippen LogP contribution in [0.5, 0.6) is 0 Å². The summed E-state index contributed by atoms with van der Waals surface area (Å²) in [5, 5.41) is 0. The Kier molecular flexibility index (Phi) is 4.23. The van der Waals surface area contributed by atoms with Gasteiger partial charge in [0.1, 0.15) is 0 Å². The first kappa shape index (κ1) is 13.4. The first-order valence-electron chi connectivity index (χ1n) is 6.33. The van der Waals surface area contributed by atoms with E-state index in [1.807, 2.05) is 0 Å². The molecule has 0 spiro atoms. The molecule has 0 fully saturated rings. The molecule has 0 bridgehead atoms. The zero-order chi connectivity index (χ0) is 13.1. The first-order valence-corrected chi connectivity index (χ1v) is 7.25. The van der Waals surface area contributed by atoms with Crippen molar-refractivity contribution in [2.75, 3.05) is 0 Å². The molecule has 0 nitrogen and oxygen atoms in total. The molecule has 0 amide bonds. The second-order valence-electron chi connectivity index (χ2n) is 4.97. The number of alkyl halides is 1. The van der Waals surface area contributed by atoms with Gasteiger partial charge in [0.2, 0.25) is 0 Å². The van der Waals surface area contributed by atoms with Gasteiger partial charge in [0.05, 0.1) is 0 Å². The van der Waals surface area contributed by atoms with Crippen LogP contribution in [0.4, 0.5) is 0 Å². The molecule has 0 radical (unpaired) electrons. The minimum Gasteiger partial charge on any atom is -0.0835 e. The quantitative estimate of drug-likeness (QED) is 0.676. The molecule has 0 aliphatic rings. The summed E-state index contributed by atoms with van der Waals surface area (Å²) in [7, 11) is 0. The van der Waals surface area contributed by atoms with E-state index in [0.29, 0.717) is 4.83 Å². The zero-order valence-corrected chi connectivity index (χ0v) is 12.8. The average Bonchev–Trinajstić information content (AvgIpc) is 2.28. The smallest absolute Gasteiger partial charge is 0.0440 e. The van der Waals surface area contributed by atoms with Crippen LogP contribution in [-0.2, 0) is 6.42 Å². The Hall–Kier alpha value is -1.08. The van der Waals surface area contributed by atoms with Crippen molar-refractivity contribution < 1.29 is 0 Å². The van der Waals surface area contributed by atoms with Crippen molar-refractivity contribution >= 4 is 15.9 Å². The molecule has 1 atom stereocenters. The minimum atomic E-state index is 0.389. The Balaban J connectivity index is 2.27. The molecule has 0 aromatic heterocycles. The summed E-state index contributed by atoms with van der Waals surface area (Å²) in [5.41, 5.74) is 6.91. The molecule has 0 heterocycles. The largest absolute Gasteiger partial charge is 0.0835 e. The summed E-state index contributed by atoms with van der Waals surface area (Å²) in [6, 6.07) is 15.2. The third-order valence-corrected chi connectivity index (χ3v) is 4.09. The van der Waals surface area contributed by atoms with Gasteiger partial charge in [-0.15, -0.1) is 0 Å². The van der Waals surface area contributed by atoms with E-state index in [1.165, 1.54) is 27.8 Å². The molecule has 1 heteroatoms. The second-order valence-corrected chi connectivity index (χ2v) is 6.07. The van der Waals surface area contributed by atoms with Crippen LogP contribution in [0.25, 0.3) is 0 Å². The number of rotatable bonds is 3. The van der Waals surface area contributed by atoms with E-state index >= 15 is 0 Å². The number of hydrogen-bond acceptors (Lipinski definition) is 0. The molecule has 0 aliphatic heterocycles. The van der Waals surface area contributed by atoms with Crippen molar-refractivity contribution in [2.24, 2.45) is 0 Å². The van der Waals surface area contributed by atoms with E-state index in [0.717, 1.165) is 6.42 Å². The number of halogens is 1. The van der Waals surface area contributed by atoms with Gasteiger partial charge in [0.25, 0.3) is 0 Å². The number of benzene rings is 2. The SMILES string of the molecule is Cc1cc(C)c(C(Br)Cc2ccccc2)c(C)c1.